The maximum atomic E-state index is 11.7. The van der Waals surface area contributed by atoms with E-state index in [9.17, 15) is 14.7 Å². The second-order valence-corrected chi connectivity index (χ2v) is 5.85. The highest BCUT2D eigenvalue weighted by Gasteiger charge is 2.18. The highest BCUT2D eigenvalue weighted by molar-refractivity contribution is 6.04. The summed E-state index contributed by atoms with van der Waals surface area (Å²) in [5.74, 6) is -0.453. The van der Waals surface area contributed by atoms with Gasteiger partial charge in [0.2, 0.25) is 5.91 Å². The van der Waals surface area contributed by atoms with Crippen molar-refractivity contribution < 1.29 is 14.7 Å². The zero-order valence-corrected chi connectivity index (χ0v) is 14.1. The standard InChI is InChI=1S/C19H19N3O3/c1-3-17(23)20-13-10-14(19(24)25)18-15(11-13)21-16(22(18)2)9-12-7-5-4-6-8-12/h4-8,10-11H,3,9H2,1-2H3,(H,20,23)(H,24,25). The molecule has 6 nitrogen and oxygen atoms in total. The summed E-state index contributed by atoms with van der Waals surface area (Å²) in [6.45, 7) is 1.74. The molecule has 25 heavy (non-hydrogen) atoms. The van der Waals surface area contributed by atoms with Gasteiger partial charge in [0.1, 0.15) is 5.82 Å². The Morgan fingerprint density at radius 3 is 2.56 bits per heavy atom. The zero-order valence-electron chi connectivity index (χ0n) is 14.1. The number of hydrogen-bond donors (Lipinski definition) is 2. The van der Waals surface area contributed by atoms with Crippen molar-refractivity contribution >= 4 is 28.6 Å². The molecule has 128 valence electrons. The van der Waals surface area contributed by atoms with E-state index in [1.165, 1.54) is 6.07 Å². The lowest BCUT2D eigenvalue weighted by Crippen LogP contribution is -2.11. The van der Waals surface area contributed by atoms with Crippen molar-refractivity contribution in [1.29, 1.82) is 0 Å². The van der Waals surface area contributed by atoms with Gasteiger partial charge in [-0.3, -0.25) is 4.79 Å². The largest absolute Gasteiger partial charge is 0.478 e. The highest BCUT2D eigenvalue weighted by Crippen LogP contribution is 2.26. The normalized spacial score (nSPS) is 10.8. The number of rotatable bonds is 5. The molecule has 0 aliphatic rings. The molecule has 0 bridgehead atoms. The van der Waals surface area contributed by atoms with Gasteiger partial charge in [0, 0.05) is 25.6 Å². The summed E-state index contributed by atoms with van der Waals surface area (Å²) in [6, 6.07) is 13.1. The molecule has 0 atom stereocenters. The number of aryl methyl sites for hydroxylation is 1. The van der Waals surface area contributed by atoms with Gasteiger partial charge in [-0.2, -0.15) is 0 Å². The predicted octanol–water partition coefficient (Wildman–Crippen LogP) is 3.21. The van der Waals surface area contributed by atoms with Gasteiger partial charge in [-0.1, -0.05) is 37.3 Å². The Morgan fingerprint density at radius 2 is 1.92 bits per heavy atom. The van der Waals surface area contributed by atoms with Crippen LogP contribution in [0.2, 0.25) is 0 Å². The molecule has 2 N–H and O–H groups in total. The van der Waals surface area contributed by atoms with E-state index >= 15 is 0 Å². The van der Waals surface area contributed by atoms with Crippen LogP contribution in [-0.4, -0.2) is 26.5 Å². The number of aromatic nitrogens is 2. The van der Waals surface area contributed by atoms with E-state index in [4.69, 9.17) is 0 Å². The Labute approximate surface area is 145 Å². The number of nitrogens with zero attached hydrogens (tertiary/aromatic N) is 2. The summed E-state index contributed by atoms with van der Waals surface area (Å²) in [5, 5.41) is 12.3. The summed E-state index contributed by atoms with van der Waals surface area (Å²) < 4.78 is 1.80. The molecule has 0 aliphatic carbocycles. The third-order valence-electron chi connectivity index (χ3n) is 4.10. The van der Waals surface area contributed by atoms with E-state index in [1.54, 1.807) is 17.6 Å². The first-order valence-electron chi connectivity index (χ1n) is 8.06. The van der Waals surface area contributed by atoms with Crippen LogP contribution in [0.15, 0.2) is 42.5 Å². The van der Waals surface area contributed by atoms with Gasteiger partial charge in [-0.15, -0.1) is 0 Å². The lowest BCUT2D eigenvalue weighted by atomic mass is 10.1. The van der Waals surface area contributed by atoms with Crippen LogP contribution in [0.5, 0.6) is 0 Å². The molecule has 1 heterocycles. The van der Waals surface area contributed by atoms with Crippen LogP contribution >= 0.6 is 0 Å². The van der Waals surface area contributed by atoms with Gasteiger partial charge in [-0.05, 0) is 17.7 Å². The van der Waals surface area contributed by atoms with Gasteiger partial charge in [0.25, 0.3) is 0 Å². The molecule has 3 aromatic rings. The van der Waals surface area contributed by atoms with Crippen molar-refractivity contribution in [2.45, 2.75) is 19.8 Å². The summed E-state index contributed by atoms with van der Waals surface area (Å²) in [7, 11) is 1.81. The first-order chi connectivity index (χ1) is 12.0. The number of aromatic carboxylic acids is 1. The van der Waals surface area contributed by atoms with E-state index in [-0.39, 0.29) is 11.5 Å². The number of benzene rings is 2. The third kappa shape index (κ3) is 3.38. The molecule has 0 saturated carbocycles. The minimum absolute atomic E-state index is 0.123. The molecule has 0 saturated heterocycles. The van der Waals surface area contributed by atoms with Crippen LogP contribution < -0.4 is 5.32 Å². The number of carboxylic acids is 1. The molecule has 0 radical (unpaired) electrons. The molecule has 2 aromatic carbocycles. The number of carbonyl (C=O) groups is 2. The van der Waals surface area contributed by atoms with Crippen LogP contribution in [0, 0.1) is 0 Å². The Balaban J connectivity index is 2.10. The Hall–Kier alpha value is -3.15. The van der Waals surface area contributed by atoms with Crippen LogP contribution in [0.1, 0.15) is 35.1 Å². The van der Waals surface area contributed by atoms with E-state index < -0.39 is 5.97 Å². The number of anilines is 1. The monoisotopic (exact) mass is 337 g/mol. The average Bonchev–Trinajstić information content (AvgIpc) is 2.90. The second kappa shape index (κ2) is 6.76. The molecule has 1 aromatic heterocycles. The van der Waals surface area contributed by atoms with E-state index in [1.807, 2.05) is 37.4 Å². The molecule has 0 fully saturated rings. The molecular weight excluding hydrogens is 318 g/mol. The predicted molar refractivity (Wildman–Crippen MR) is 95.8 cm³/mol. The van der Waals surface area contributed by atoms with E-state index in [0.29, 0.717) is 29.6 Å². The SMILES string of the molecule is CCC(=O)Nc1cc(C(=O)O)c2c(c1)nc(Cc1ccccc1)n2C. The van der Waals surface area contributed by atoms with Gasteiger partial charge in [0.15, 0.2) is 0 Å². The van der Waals surface area contributed by atoms with Crippen molar-refractivity contribution in [3.05, 3.63) is 59.4 Å². The third-order valence-corrected chi connectivity index (χ3v) is 4.10. The van der Waals surface area contributed by atoms with E-state index in [0.717, 1.165) is 11.4 Å². The van der Waals surface area contributed by atoms with Gasteiger partial charge >= 0.3 is 5.97 Å². The minimum Gasteiger partial charge on any atom is -0.478 e. The van der Waals surface area contributed by atoms with Crippen molar-refractivity contribution in [1.82, 2.24) is 9.55 Å². The van der Waals surface area contributed by atoms with E-state index in [2.05, 4.69) is 10.3 Å². The smallest absolute Gasteiger partial charge is 0.337 e. The number of carbonyl (C=O) groups excluding carboxylic acids is 1. The fourth-order valence-corrected chi connectivity index (χ4v) is 2.82. The lowest BCUT2D eigenvalue weighted by Gasteiger charge is -2.07. The maximum Gasteiger partial charge on any atom is 0.337 e. The minimum atomic E-state index is -1.05. The Morgan fingerprint density at radius 1 is 1.20 bits per heavy atom. The summed E-state index contributed by atoms with van der Waals surface area (Å²) >= 11 is 0. The van der Waals surface area contributed by atoms with Crippen molar-refractivity contribution in [2.75, 3.05) is 5.32 Å². The number of amides is 1. The number of hydrogen-bond acceptors (Lipinski definition) is 3. The van der Waals surface area contributed by atoms with Crippen molar-refractivity contribution in [3.8, 4) is 0 Å². The number of nitrogens with one attached hydrogen (secondary N) is 1. The average molecular weight is 337 g/mol. The molecule has 3 rings (SSSR count). The fourth-order valence-electron chi connectivity index (χ4n) is 2.82. The molecule has 1 amide bonds. The number of fused-ring (bicyclic) bond motifs is 1. The summed E-state index contributed by atoms with van der Waals surface area (Å²) in [4.78, 5) is 27.9. The molecule has 6 heteroatoms. The first-order valence-corrected chi connectivity index (χ1v) is 8.06. The quantitative estimate of drug-likeness (QED) is 0.749. The van der Waals surface area contributed by atoms with Crippen molar-refractivity contribution in [3.63, 3.8) is 0 Å². The number of carboxylic acid groups (broad SMARTS) is 1. The molecular formula is C19H19N3O3. The van der Waals surface area contributed by atoms with Crippen molar-refractivity contribution in [2.24, 2.45) is 7.05 Å². The Bertz CT molecular complexity index is 945. The molecule has 0 unspecified atom stereocenters. The zero-order chi connectivity index (χ0) is 18.0. The second-order valence-electron chi connectivity index (χ2n) is 5.85. The van der Waals surface area contributed by atoms with Gasteiger partial charge < -0.3 is 15.0 Å². The summed E-state index contributed by atoms with van der Waals surface area (Å²) in [6.07, 6.45) is 0.920. The van der Waals surface area contributed by atoms with Crippen LogP contribution in [0.25, 0.3) is 11.0 Å². The Kier molecular flexibility index (Phi) is 4.52. The first kappa shape index (κ1) is 16.7. The van der Waals surface area contributed by atoms with Gasteiger partial charge in [-0.25, -0.2) is 9.78 Å². The fraction of sp³-hybridized carbons (Fsp3) is 0.211. The topological polar surface area (TPSA) is 84.2 Å². The molecule has 0 spiro atoms. The number of imidazole rings is 1. The van der Waals surface area contributed by atoms with Crippen LogP contribution in [-0.2, 0) is 18.3 Å². The van der Waals surface area contributed by atoms with Crippen LogP contribution in [0.3, 0.4) is 0 Å². The highest BCUT2D eigenvalue weighted by atomic mass is 16.4. The van der Waals surface area contributed by atoms with Gasteiger partial charge in [0.05, 0.1) is 16.6 Å². The van der Waals surface area contributed by atoms with Crippen LogP contribution in [0.4, 0.5) is 5.69 Å². The lowest BCUT2D eigenvalue weighted by molar-refractivity contribution is -0.115. The molecule has 0 aliphatic heterocycles. The summed E-state index contributed by atoms with van der Waals surface area (Å²) in [5.41, 5.74) is 2.77. The maximum absolute atomic E-state index is 11.7.